The molecule has 0 unspecified atom stereocenters. The predicted molar refractivity (Wildman–Crippen MR) is 67.3 cm³/mol. The molecule has 0 amide bonds. The minimum Gasteiger partial charge on any atom is -0.0966 e. The number of rotatable bonds is 2. The van der Waals surface area contributed by atoms with Crippen LogP contribution in [0.25, 0.3) is 6.08 Å². The molecule has 72 valence electrons. The number of benzene rings is 1. The van der Waals surface area contributed by atoms with E-state index in [1.807, 2.05) is 24.3 Å². The van der Waals surface area contributed by atoms with Crippen molar-refractivity contribution >= 4 is 19.4 Å². The van der Waals surface area contributed by atoms with Crippen molar-refractivity contribution in [3.05, 3.63) is 59.7 Å². The van der Waals surface area contributed by atoms with E-state index in [4.69, 9.17) is 7.85 Å². The first-order valence-electron chi connectivity index (χ1n) is 5.25. The molecule has 0 saturated heterocycles. The Morgan fingerprint density at radius 2 is 1.80 bits per heavy atom. The summed E-state index contributed by atoms with van der Waals surface area (Å²) in [4.78, 5) is 0. The molecule has 1 heteroatoms. The zero-order valence-corrected chi connectivity index (χ0v) is 8.69. The van der Waals surface area contributed by atoms with Crippen molar-refractivity contribution < 1.29 is 0 Å². The highest BCUT2D eigenvalue weighted by atomic mass is 14.0. The molecule has 1 aliphatic carbocycles. The van der Waals surface area contributed by atoms with Gasteiger partial charge < -0.3 is 0 Å². The molecule has 1 aliphatic rings. The third kappa shape index (κ3) is 2.98. The highest BCUT2D eigenvalue weighted by Gasteiger charge is 1.92. The van der Waals surface area contributed by atoms with E-state index in [1.54, 1.807) is 0 Å². The molecular formula is C14H13B. The van der Waals surface area contributed by atoms with Crippen LogP contribution in [0.3, 0.4) is 0 Å². The van der Waals surface area contributed by atoms with Crippen molar-refractivity contribution in [2.75, 3.05) is 0 Å². The van der Waals surface area contributed by atoms with Crippen molar-refractivity contribution in [3.63, 3.8) is 0 Å². The Balaban J connectivity index is 2.08. The smallest absolute Gasteiger partial charge is 0.0966 e. The van der Waals surface area contributed by atoms with Gasteiger partial charge in [0.25, 0.3) is 0 Å². The summed E-state index contributed by atoms with van der Waals surface area (Å²) in [6.45, 7) is 0. The molecule has 0 aromatic heterocycles. The molecule has 0 spiro atoms. The van der Waals surface area contributed by atoms with Crippen LogP contribution in [0.1, 0.15) is 18.4 Å². The van der Waals surface area contributed by atoms with Crippen LogP contribution in [0.2, 0.25) is 0 Å². The van der Waals surface area contributed by atoms with Crippen molar-refractivity contribution in [1.29, 1.82) is 0 Å². The van der Waals surface area contributed by atoms with E-state index >= 15 is 0 Å². The summed E-state index contributed by atoms with van der Waals surface area (Å²) in [5.74, 6) is 0. The van der Waals surface area contributed by atoms with Crippen LogP contribution in [0.15, 0.2) is 54.1 Å². The van der Waals surface area contributed by atoms with Crippen LogP contribution >= 0.6 is 0 Å². The second-order valence-electron chi connectivity index (χ2n) is 3.68. The summed E-state index contributed by atoms with van der Waals surface area (Å²) in [6, 6.07) is 7.90. The minimum absolute atomic E-state index is 0.809. The van der Waals surface area contributed by atoms with Crippen molar-refractivity contribution in [2.45, 2.75) is 12.8 Å². The van der Waals surface area contributed by atoms with Crippen molar-refractivity contribution in [1.82, 2.24) is 0 Å². The molecule has 0 heterocycles. The van der Waals surface area contributed by atoms with E-state index in [-0.39, 0.29) is 0 Å². The summed E-state index contributed by atoms with van der Waals surface area (Å²) in [6.07, 6.45) is 13.2. The first-order valence-corrected chi connectivity index (χ1v) is 5.25. The van der Waals surface area contributed by atoms with Gasteiger partial charge in [-0.3, -0.25) is 0 Å². The van der Waals surface area contributed by atoms with Gasteiger partial charge in [0.05, 0.1) is 0 Å². The van der Waals surface area contributed by atoms with E-state index < -0.39 is 0 Å². The monoisotopic (exact) mass is 192 g/mol. The Morgan fingerprint density at radius 3 is 2.47 bits per heavy atom. The summed E-state index contributed by atoms with van der Waals surface area (Å²) < 4.78 is 0. The fraction of sp³-hybridized carbons (Fsp3) is 0.143. The maximum atomic E-state index is 5.62. The molecule has 0 saturated carbocycles. The van der Waals surface area contributed by atoms with Gasteiger partial charge >= 0.3 is 0 Å². The fourth-order valence-electron chi connectivity index (χ4n) is 1.56. The highest BCUT2D eigenvalue weighted by molar-refractivity contribution is 6.32. The lowest BCUT2D eigenvalue weighted by Gasteiger charge is -2.01. The lowest BCUT2D eigenvalue weighted by Crippen LogP contribution is -1.98. The standard InChI is InChI=1S/C14H13B/c15-14-10-8-13(9-11-14)7-6-12-4-2-1-3-5-12/h2,4-11H,1,3H2/b7-6+. The molecule has 0 fully saturated rings. The van der Waals surface area contributed by atoms with Gasteiger partial charge in [-0.1, -0.05) is 60.1 Å². The predicted octanol–water partition coefficient (Wildman–Crippen LogP) is 2.77. The molecule has 2 rings (SSSR count). The van der Waals surface area contributed by atoms with E-state index in [1.165, 1.54) is 17.6 Å². The molecule has 0 nitrogen and oxygen atoms in total. The van der Waals surface area contributed by atoms with Crippen molar-refractivity contribution in [2.24, 2.45) is 0 Å². The van der Waals surface area contributed by atoms with E-state index in [2.05, 4.69) is 30.4 Å². The number of hydrogen-bond acceptors (Lipinski definition) is 0. The zero-order valence-electron chi connectivity index (χ0n) is 8.69. The maximum absolute atomic E-state index is 5.62. The lowest BCUT2D eigenvalue weighted by atomic mass is 9.95. The van der Waals surface area contributed by atoms with E-state index in [0.717, 1.165) is 11.9 Å². The van der Waals surface area contributed by atoms with Gasteiger partial charge in [0.15, 0.2) is 0 Å². The Morgan fingerprint density at radius 1 is 1.00 bits per heavy atom. The Bertz CT molecular complexity index is 407. The lowest BCUT2D eigenvalue weighted by molar-refractivity contribution is 1.03. The molecule has 0 aliphatic heterocycles. The number of hydrogen-bond donors (Lipinski definition) is 0. The third-order valence-electron chi connectivity index (χ3n) is 2.43. The average Bonchev–Trinajstić information content (AvgIpc) is 2.30. The molecule has 1 aromatic carbocycles. The average molecular weight is 192 g/mol. The second kappa shape index (κ2) is 4.83. The molecule has 0 bridgehead atoms. The summed E-state index contributed by atoms with van der Waals surface area (Å²) >= 11 is 0. The zero-order chi connectivity index (χ0) is 10.5. The van der Waals surface area contributed by atoms with E-state index in [9.17, 15) is 0 Å². The Kier molecular flexibility index (Phi) is 3.23. The van der Waals surface area contributed by atoms with Crippen LogP contribution in [0.4, 0.5) is 0 Å². The van der Waals surface area contributed by atoms with Gasteiger partial charge in [-0.25, -0.2) is 0 Å². The fourth-order valence-corrected chi connectivity index (χ4v) is 1.56. The Hall–Kier alpha value is -1.50. The second-order valence-corrected chi connectivity index (χ2v) is 3.68. The first kappa shape index (κ1) is 10.0. The first-order chi connectivity index (χ1) is 7.34. The molecule has 1 aromatic rings. The minimum atomic E-state index is 0.809. The summed E-state index contributed by atoms with van der Waals surface area (Å²) in [7, 11) is 5.62. The molecule has 0 atom stereocenters. The van der Waals surface area contributed by atoms with Crippen molar-refractivity contribution in [3.8, 4) is 0 Å². The topological polar surface area (TPSA) is 0 Å². The molecular weight excluding hydrogens is 179 g/mol. The van der Waals surface area contributed by atoms with Crippen LogP contribution in [0, 0.1) is 0 Å². The SMILES string of the molecule is [B]c1ccc(/C=C/C2=CCCC=C2)cc1. The van der Waals surface area contributed by atoms with Gasteiger partial charge in [-0.15, -0.1) is 0 Å². The van der Waals surface area contributed by atoms with Gasteiger partial charge in [0.2, 0.25) is 0 Å². The molecule has 2 radical (unpaired) electrons. The van der Waals surface area contributed by atoms with Gasteiger partial charge in [-0.2, -0.15) is 0 Å². The maximum Gasteiger partial charge on any atom is 0.113 e. The van der Waals surface area contributed by atoms with Crippen LogP contribution in [0.5, 0.6) is 0 Å². The quantitative estimate of drug-likeness (QED) is 0.632. The van der Waals surface area contributed by atoms with Gasteiger partial charge in [0.1, 0.15) is 7.85 Å². The summed E-state index contributed by atoms with van der Waals surface area (Å²) in [5.41, 5.74) is 3.28. The van der Waals surface area contributed by atoms with Gasteiger partial charge in [0, 0.05) is 0 Å². The normalized spacial score (nSPS) is 15.6. The van der Waals surface area contributed by atoms with Crippen LogP contribution in [-0.2, 0) is 0 Å². The summed E-state index contributed by atoms with van der Waals surface area (Å²) in [5, 5.41) is 0. The highest BCUT2D eigenvalue weighted by Crippen LogP contribution is 2.12. The third-order valence-corrected chi connectivity index (χ3v) is 2.43. The number of allylic oxidation sites excluding steroid dienone is 5. The van der Waals surface area contributed by atoms with Gasteiger partial charge in [-0.05, 0) is 24.0 Å². The molecule has 15 heavy (non-hydrogen) atoms. The van der Waals surface area contributed by atoms with E-state index in [0.29, 0.717) is 0 Å². The Labute approximate surface area is 92.4 Å². The molecule has 0 N–H and O–H groups in total. The van der Waals surface area contributed by atoms with Crippen LogP contribution in [-0.4, -0.2) is 7.85 Å². The van der Waals surface area contributed by atoms with Crippen LogP contribution < -0.4 is 5.46 Å². The largest absolute Gasteiger partial charge is 0.113 e.